The van der Waals surface area contributed by atoms with Crippen molar-refractivity contribution in [3.8, 4) is 0 Å². The quantitative estimate of drug-likeness (QED) is 0.768. The smallest absolute Gasteiger partial charge is 0.103 e. The summed E-state index contributed by atoms with van der Waals surface area (Å²) >= 11 is 4.94. The molecule has 0 aromatic heterocycles. The van der Waals surface area contributed by atoms with Crippen molar-refractivity contribution in [2.45, 2.75) is 26.4 Å². The summed E-state index contributed by atoms with van der Waals surface area (Å²) in [6.07, 6.45) is 0. The second kappa shape index (κ2) is 7.46. The highest BCUT2D eigenvalue weighted by atomic mass is 32.1. The van der Waals surface area contributed by atoms with Crippen LogP contribution in [0.1, 0.15) is 25.0 Å². The van der Waals surface area contributed by atoms with Gasteiger partial charge in [-0.25, -0.2) is 0 Å². The average molecular weight is 266 g/mol. The summed E-state index contributed by atoms with van der Waals surface area (Å²) in [5.74, 6) is 0. The van der Waals surface area contributed by atoms with E-state index in [1.165, 1.54) is 5.56 Å². The number of hydrogen-bond acceptors (Lipinski definition) is 3. The molecule has 0 radical (unpaired) electrons. The Morgan fingerprint density at radius 1 is 1.39 bits per heavy atom. The second-order valence-electron chi connectivity index (χ2n) is 4.43. The summed E-state index contributed by atoms with van der Waals surface area (Å²) in [7, 11) is 1.74. The first-order chi connectivity index (χ1) is 8.58. The number of thiocarbonyl (C=S) groups is 1. The van der Waals surface area contributed by atoms with Gasteiger partial charge >= 0.3 is 0 Å². The SMILES string of the molecule is CCN(Cc1ccc(C(N)=S)cc1)C(C)COC. The molecule has 3 nitrogen and oxygen atoms in total. The lowest BCUT2D eigenvalue weighted by Crippen LogP contribution is -2.35. The summed E-state index contributed by atoms with van der Waals surface area (Å²) < 4.78 is 5.20. The van der Waals surface area contributed by atoms with Crippen molar-refractivity contribution < 1.29 is 4.74 Å². The number of nitrogens with two attached hydrogens (primary N) is 1. The summed E-state index contributed by atoms with van der Waals surface area (Å²) in [4.78, 5) is 2.82. The largest absolute Gasteiger partial charge is 0.389 e. The van der Waals surface area contributed by atoms with Gasteiger partial charge in [0.25, 0.3) is 0 Å². The molecule has 1 aromatic rings. The number of benzene rings is 1. The Balaban J connectivity index is 2.67. The van der Waals surface area contributed by atoms with Crippen LogP contribution in [-0.4, -0.2) is 36.2 Å². The van der Waals surface area contributed by atoms with E-state index in [-0.39, 0.29) is 0 Å². The monoisotopic (exact) mass is 266 g/mol. The molecule has 1 rings (SSSR count). The van der Waals surface area contributed by atoms with Crippen molar-refractivity contribution in [1.82, 2.24) is 4.90 Å². The highest BCUT2D eigenvalue weighted by Gasteiger charge is 2.12. The van der Waals surface area contributed by atoms with Crippen molar-refractivity contribution in [2.24, 2.45) is 5.73 Å². The lowest BCUT2D eigenvalue weighted by Gasteiger charge is -2.27. The Morgan fingerprint density at radius 3 is 2.44 bits per heavy atom. The van der Waals surface area contributed by atoms with Crippen LogP contribution in [0.5, 0.6) is 0 Å². The first kappa shape index (κ1) is 15.1. The minimum absolute atomic E-state index is 0.412. The predicted octanol–water partition coefficient (Wildman–Crippen LogP) is 2.18. The van der Waals surface area contributed by atoms with Gasteiger partial charge in [-0.05, 0) is 19.0 Å². The minimum atomic E-state index is 0.412. The topological polar surface area (TPSA) is 38.5 Å². The number of nitrogens with zero attached hydrogens (tertiary/aromatic N) is 1. The van der Waals surface area contributed by atoms with Gasteiger partial charge in [0.2, 0.25) is 0 Å². The fourth-order valence-corrected chi connectivity index (χ4v) is 2.07. The van der Waals surface area contributed by atoms with Crippen molar-refractivity contribution >= 4 is 17.2 Å². The number of likely N-dealkylation sites (N-methyl/N-ethyl adjacent to an activating group) is 1. The molecule has 4 heteroatoms. The maximum Gasteiger partial charge on any atom is 0.103 e. The van der Waals surface area contributed by atoms with E-state index in [0.29, 0.717) is 11.0 Å². The van der Waals surface area contributed by atoms with Crippen molar-refractivity contribution in [1.29, 1.82) is 0 Å². The normalized spacial score (nSPS) is 12.7. The first-order valence-corrected chi connectivity index (χ1v) is 6.61. The molecule has 1 aromatic carbocycles. The zero-order chi connectivity index (χ0) is 13.5. The van der Waals surface area contributed by atoms with Crippen LogP contribution in [-0.2, 0) is 11.3 Å². The van der Waals surface area contributed by atoms with Crippen LogP contribution in [0.4, 0.5) is 0 Å². The Hall–Kier alpha value is -0.970. The number of rotatable bonds is 7. The maximum absolute atomic E-state index is 5.58. The molecule has 0 aliphatic rings. The van der Waals surface area contributed by atoms with E-state index in [4.69, 9.17) is 22.7 Å². The molecule has 1 atom stereocenters. The molecule has 0 heterocycles. The highest BCUT2D eigenvalue weighted by molar-refractivity contribution is 7.80. The zero-order valence-corrected chi connectivity index (χ0v) is 12.2. The van der Waals surface area contributed by atoms with Crippen molar-refractivity contribution in [3.63, 3.8) is 0 Å². The molecule has 0 bridgehead atoms. The molecule has 0 saturated heterocycles. The Kier molecular flexibility index (Phi) is 6.25. The van der Waals surface area contributed by atoms with E-state index in [1.807, 2.05) is 12.1 Å². The second-order valence-corrected chi connectivity index (χ2v) is 4.87. The molecule has 0 saturated carbocycles. The van der Waals surface area contributed by atoms with Gasteiger partial charge in [0.05, 0.1) is 6.61 Å². The van der Waals surface area contributed by atoms with Gasteiger partial charge in [0, 0.05) is 25.3 Å². The molecule has 2 N–H and O–H groups in total. The molecule has 0 aliphatic carbocycles. The number of hydrogen-bond donors (Lipinski definition) is 1. The van der Waals surface area contributed by atoms with Crippen LogP contribution in [0.15, 0.2) is 24.3 Å². The van der Waals surface area contributed by atoms with Gasteiger partial charge in [0.1, 0.15) is 4.99 Å². The van der Waals surface area contributed by atoms with E-state index < -0.39 is 0 Å². The van der Waals surface area contributed by atoms with Gasteiger partial charge in [-0.1, -0.05) is 43.4 Å². The Labute approximate surface area is 115 Å². The zero-order valence-electron chi connectivity index (χ0n) is 11.3. The number of methoxy groups -OCH3 is 1. The van der Waals surface area contributed by atoms with Gasteiger partial charge < -0.3 is 10.5 Å². The molecule has 1 unspecified atom stereocenters. The third-order valence-electron chi connectivity index (χ3n) is 3.06. The van der Waals surface area contributed by atoms with E-state index in [1.54, 1.807) is 7.11 Å². The lowest BCUT2D eigenvalue weighted by molar-refractivity contribution is 0.0982. The minimum Gasteiger partial charge on any atom is -0.389 e. The van der Waals surface area contributed by atoms with Crippen LogP contribution >= 0.6 is 12.2 Å². The van der Waals surface area contributed by atoms with E-state index >= 15 is 0 Å². The maximum atomic E-state index is 5.58. The summed E-state index contributed by atoms with van der Waals surface area (Å²) in [6.45, 7) is 7.00. The van der Waals surface area contributed by atoms with Crippen molar-refractivity contribution in [2.75, 3.05) is 20.3 Å². The summed E-state index contributed by atoms with van der Waals surface area (Å²) in [5.41, 5.74) is 7.77. The predicted molar refractivity (Wildman–Crippen MR) is 79.8 cm³/mol. The van der Waals surface area contributed by atoms with Gasteiger partial charge in [-0.15, -0.1) is 0 Å². The molecule has 100 valence electrons. The van der Waals surface area contributed by atoms with Crippen LogP contribution < -0.4 is 5.73 Å². The molecule has 0 fully saturated rings. The highest BCUT2D eigenvalue weighted by Crippen LogP contribution is 2.10. The van der Waals surface area contributed by atoms with Gasteiger partial charge in [0.15, 0.2) is 0 Å². The lowest BCUT2D eigenvalue weighted by atomic mass is 10.1. The summed E-state index contributed by atoms with van der Waals surface area (Å²) in [5, 5.41) is 0. The molecular weight excluding hydrogens is 244 g/mol. The first-order valence-electron chi connectivity index (χ1n) is 6.20. The van der Waals surface area contributed by atoms with Crippen LogP contribution in [0, 0.1) is 0 Å². The van der Waals surface area contributed by atoms with Gasteiger partial charge in [-0.2, -0.15) is 0 Å². The fraction of sp³-hybridized carbons (Fsp3) is 0.500. The molecule has 18 heavy (non-hydrogen) atoms. The van der Waals surface area contributed by atoms with Gasteiger partial charge in [-0.3, -0.25) is 4.90 Å². The van der Waals surface area contributed by atoms with Crippen LogP contribution in [0.3, 0.4) is 0 Å². The van der Waals surface area contributed by atoms with Crippen molar-refractivity contribution in [3.05, 3.63) is 35.4 Å². The fourth-order valence-electron chi connectivity index (χ4n) is 1.93. The van der Waals surface area contributed by atoms with E-state index in [2.05, 4.69) is 30.9 Å². The third kappa shape index (κ3) is 4.37. The molecule has 0 aliphatic heterocycles. The summed E-state index contributed by atoms with van der Waals surface area (Å²) in [6, 6.07) is 8.53. The average Bonchev–Trinajstić information content (AvgIpc) is 2.36. The Bertz CT molecular complexity index is 378. The molecule has 0 spiro atoms. The van der Waals surface area contributed by atoms with Crippen LogP contribution in [0.2, 0.25) is 0 Å². The number of ether oxygens (including phenoxy) is 1. The molecular formula is C14H22N2OS. The van der Waals surface area contributed by atoms with E-state index in [9.17, 15) is 0 Å². The Morgan fingerprint density at radius 2 is 2.00 bits per heavy atom. The third-order valence-corrected chi connectivity index (χ3v) is 3.30. The van der Waals surface area contributed by atoms with Crippen LogP contribution in [0.25, 0.3) is 0 Å². The molecule has 0 amide bonds. The standard InChI is InChI=1S/C14H22N2OS/c1-4-16(11(2)10-17-3)9-12-5-7-13(8-6-12)14(15)18/h5-8,11H,4,9-10H2,1-3H3,(H2,15,18). The van der Waals surface area contributed by atoms with E-state index in [0.717, 1.165) is 25.3 Å².